The largest absolute Gasteiger partial charge is 0.431 e. The normalized spacial score (nSPS) is 19.5. The summed E-state index contributed by atoms with van der Waals surface area (Å²) in [5.74, 6) is -0.793. The highest BCUT2D eigenvalue weighted by atomic mass is 32.2. The number of thioether (sulfide) groups is 1. The fraction of sp³-hybridized carbons (Fsp3) is 0.857. The molecule has 100 valence electrons. The van der Waals surface area contributed by atoms with Gasteiger partial charge in [-0.2, -0.15) is 18.4 Å². The molecule has 0 amide bonds. The molecular weight excluding hydrogens is 282 g/mol. The first kappa shape index (κ1) is 16.3. The lowest BCUT2D eigenvalue weighted by molar-refractivity contribution is -0.290. The highest BCUT2D eigenvalue weighted by Gasteiger charge is 2.69. The third-order valence-corrected chi connectivity index (χ3v) is 2.54. The third kappa shape index (κ3) is 3.37. The molecule has 0 saturated heterocycles. The Bertz CT molecular complexity index is 287. The Hall–Kier alpha value is -0.720. The van der Waals surface area contributed by atoms with Gasteiger partial charge in [0.1, 0.15) is 0 Å². The monoisotopic (exact) mass is 287 g/mol. The SMILES string of the molecule is N#CCSC(F)C(F)C(F)(C(F)F)C(F)(F)F. The van der Waals surface area contributed by atoms with Crippen molar-refractivity contribution in [3.8, 4) is 6.07 Å². The Morgan fingerprint density at radius 2 is 1.53 bits per heavy atom. The van der Waals surface area contributed by atoms with Gasteiger partial charge in [0.15, 0.2) is 11.7 Å². The summed E-state index contributed by atoms with van der Waals surface area (Å²) in [6.45, 7) is 0. The van der Waals surface area contributed by atoms with Gasteiger partial charge in [0.25, 0.3) is 12.1 Å². The molecule has 10 heteroatoms. The molecule has 0 saturated carbocycles. The number of alkyl halides is 8. The fourth-order valence-electron chi connectivity index (χ4n) is 0.792. The molecule has 0 spiro atoms. The average molecular weight is 287 g/mol. The molecule has 0 aromatic heterocycles. The average Bonchev–Trinajstić information content (AvgIpc) is 2.21. The minimum Gasteiger partial charge on any atom is -0.239 e. The Balaban J connectivity index is 5.03. The number of halogens is 8. The highest BCUT2D eigenvalue weighted by Crippen LogP contribution is 2.45. The third-order valence-electron chi connectivity index (χ3n) is 1.69. The van der Waals surface area contributed by atoms with Crippen molar-refractivity contribution in [1.82, 2.24) is 0 Å². The molecule has 0 aromatic rings. The quantitative estimate of drug-likeness (QED) is 0.723. The Morgan fingerprint density at radius 1 is 1.06 bits per heavy atom. The second kappa shape index (κ2) is 5.75. The number of hydrogen-bond donors (Lipinski definition) is 0. The van der Waals surface area contributed by atoms with Crippen LogP contribution in [0.3, 0.4) is 0 Å². The maximum atomic E-state index is 12.9. The van der Waals surface area contributed by atoms with Crippen LogP contribution in [0.5, 0.6) is 0 Å². The topological polar surface area (TPSA) is 23.8 Å². The molecule has 0 fully saturated rings. The minimum absolute atomic E-state index is 0.331. The fourth-order valence-corrected chi connectivity index (χ4v) is 1.39. The summed E-state index contributed by atoms with van der Waals surface area (Å²) < 4.78 is 98.2. The first-order valence-corrected chi connectivity index (χ1v) is 4.94. The lowest BCUT2D eigenvalue weighted by Gasteiger charge is -2.31. The molecule has 17 heavy (non-hydrogen) atoms. The number of hydrogen-bond acceptors (Lipinski definition) is 2. The van der Waals surface area contributed by atoms with Crippen molar-refractivity contribution in [2.45, 2.75) is 29.9 Å². The van der Waals surface area contributed by atoms with Crippen molar-refractivity contribution in [2.24, 2.45) is 0 Å². The van der Waals surface area contributed by atoms with E-state index in [1.165, 1.54) is 6.07 Å². The van der Waals surface area contributed by atoms with E-state index in [4.69, 9.17) is 5.26 Å². The summed E-state index contributed by atoms with van der Waals surface area (Å²) in [6, 6.07) is 1.24. The van der Waals surface area contributed by atoms with Crippen LogP contribution in [0.1, 0.15) is 0 Å². The van der Waals surface area contributed by atoms with E-state index in [-0.39, 0.29) is 11.8 Å². The van der Waals surface area contributed by atoms with Crippen LogP contribution in [-0.4, -0.2) is 35.7 Å². The van der Waals surface area contributed by atoms with Crippen LogP contribution in [0.4, 0.5) is 35.1 Å². The molecule has 0 aliphatic heterocycles. The molecule has 0 aromatic carbocycles. The van der Waals surface area contributed by atoms with E-state index in [2.05, 4.69) is 0 Å². The van der Waals surface area contributed by atoms with E-state index in [0.717, 1.165) is 0 Å². The van der Waals surface area contributed by atoms with E-state index in [0.29, 0.717) is 0 Å². The molecule has 0 rings (SSSR count). The van der Waals surface area contributed by atoms with Crippen LogP contribution in [-0.2, 0) is 0 Å². The summed E-state index contributed by atoms with van der Waals surface area (Å²) in [7, 11) is 0. The first-order valence-electron chi connectivity index (χ1n) is 3.89. The highest BCUT2D eigenvalue weighted by molar-refractivity contribution is 8.00. The van der Waals surface area contributed by atoms with Gasteiger partial charge in [-0.15, -0.1) is 11.8 Å². The van der Waals surface area contributed by atoms with Gasteiger partial charge in [0.2, 0.25) is 0 Å². The smallest absolute Gasteiger partial charge is 0.239 e. The lowest BCUT2D eigenvalue weighted by Crippen LogP contribution is -2.57. The van der Waals surface area contributed by atoms with Crippen LogP contribution in [0.2, 0.25) is 0 Å². The van der Waals surface area contributed by atoms with E-state index in [1.807, 2.05) is 0 Å². The van der Waals surface area contributed by atoms with Gasteiger partial charge in [-0.25, -0.2) is 22.0 Å². The van der Waals surface area contributed by atoms with Gasteiger partial charge in [-0.05, 0) is 0 Å². The van der Waals surface area contributed by atoms with Crippen LogP contribution >= 0.6 is 11.8 Å². The standard InChI is InChI=1S/C7H5F8NS/c8-3(4(9)17-2-1-16)6(12,5(10)11)7(13,14)15/h3-5H,2H2. The summed E-state index contributed by atoms with van der Waals surface area (Å²) in [5.41, 5.74) is -8.80. The number of nitrogens with zero attached hydrogens (tertiary/aromatic N) is 1. The van der Waals surface area contributed by atoms with Crippen molar-refractivity contribution in [1.29, 1.82) is 5.26 Å². The molecule has 0 heterocycles. The summed E-state index contributed by atoms with van der Waals surface area (Å²) in [4.78, 5) is 0. The molecule has 3 unspecified atom stereocenters. The van der Waals surface area contributed by atoms with Crippen LogP contribution < -0.4 is 0 Å². The Kier molecular flexibility index (Phi) is 5.51. The van der Waals surface area contributed by atoms with Gasteiger partial charge in [-0.3, -0.25) is 0 Å². The van der Waals surface area contributed by atoms with E-state index < -0.39 is 35.7 Å². The molecule has 0 bridgehead atoms. The second-order valence-electron chi connectivity index (χ2n) is 2.79. The first-order chi connectivity index (χ1) is 7.59. The van der Waals surface area contributed by atoms with E-state index in [9.17, 15) is 35.1 Å². The zero-order valence-electron chi connectivity index (χ0n) is 7.82. The van der Waals surface area contributed by atoms with Gasteiger partial charge >= 0.3 is 6.18 Å². The lowest BCUT2D eigenvalue weighted by atomic mass is 10.0. The van der Waals surface area contributed by atoms with Crippen molar-refractivity contribution >= 4 is 11.8 Å². The van der Waals surface area contributed by atoms with Crippen LogP contribution in [0.15, 0.2) is 0 Å². The molecule has 0 radical (unpaired) electrons. The van der Waals surface area contributed by atoms with E-state index >= 15 is 0 Å². The van der Waals surface area contributed by atoms with Crippen molar-refractivity contribution in [2.75, 3.05) is 5.75 Å². The number of rotatable bonds is 5. The van der Waals surface area contributed by atoms with Crippen molar-refractivity contribution < 1.29 is 35.1 Å². The van der Waals surface area contributed by atoms with Crippen molar-refractivity contribution in [3.05, 3.63) is 0 Å². The van der Waals surface area contributed by atoms with E-state index in [1.54, 1.807) is 0 Å². The maximum Gasteiger partial charge on any atom is 0.431 e. The predicted octanol–water partition coefficient (Wildman–Crippen LogP) is 3.41. The zero-order valence-corrected chi connectivity index (χ0v) is 8.63. The minimum atomic E-state index is -6.25. The molecule has 0 aliphatic carbocycles. The molecular formula is C7H5F8NS. The van der Waals surface area contributed by atoms with Crippen LogP contribution in [0, 0.1) is 11.3 Å². The molecule has 0 N–H and O–H groups in total. The number of nitriles is 1. The van der Waals surface area contributed by atoms with Crippen LogP contribution in [0.25, 0.3) is 0 Å². The second-order valence-corrected chi connectivity index (χ2v) is 3.86. The molecule has 1 nitrogen and oxygen atoms in total. The molecule has 0 aliphatic rings. The summed E-state index contributed by atoms with van der Waals surface area (Å²) in [5, 5.41) is 7.94. The molecule has 3 atom stereocenters. The zero-order chi connectivity index (χ0) is 13.9. The van der Waals surface area contributed by atoms with Gasteiger partial charge in [-0.1, -0.05) is 0 Å². The van der Waals surface area contributed by atoms with Crippen molar-refractivity contribution in [3.63, 3.8) is 0 Å². The van der Waals surface area contributed by atoms with Gasteiger partial charge in [0.05, 0.1) is 11.8 Å². The summed E-state index contributed by atoms with van der Waals surface area (Å²) >= 11 is -0.331. The Labute approximate surface area is 94.8 Å². The Morgan fingerprint density at radius 3 is 1.82 bits per heavy atom. The van der Waals surface area contributed by atoms with Gasteiger partial charge in [0, 0.05) is 0 Å². The maximum absolute atomic E-state index is 12.9. The summed E-state index contributed by atoms with van der Waals surface area (Å²) in [6.07, 6.45) is -15.1. The predicted molar refractivity (Wildman–Crippen MR) is 43.8 cm³/mol. The van der Waals surface area contributed by atoms with Gasteiger partial charge < -0.3 is 0 Å².